The molecule has 1 aromatic carbocycles. The lowest BCUT2D eigenvalue weighted by molar-refractivity contribution is 0.112. The maximum Gasteiger partial charge on any atom is 0.410 e. The Hall–Kier alpha value is -2.92. The van der Waals surface area contributed by atoms with Crippen molar-refractivity contribution in [3.8, 4) is 17.6 Å². The number of imidazole rings is 1. The normalized spacial score (nSPS) is 20.2. The number of likely N-dealkylation sites (tertiary alicyclic amines) is 1. The molecule has 0 saturated carbocycles. The summed E-state index contributed by atoms with van der Waals surface area (Å²) in [6, 6.07) is 4.46. The van der Waals surface area contributed by atoms with E-state index in [0.29, 0.717) is 35.5 Å². The number of rotatable bonds is 1. The number of hydrogen-bond donors (Lipinski definition) is 1. The van der Waals surface area contributed by atoms with Gasteiger partial charge in [-0.2, -0.15) is 5.26 Å². The highest BCUT2D eigenvalue weighted by Crippen LogP contribution is 2.48. The molecule has 1 aromatic heterocycles. The van der Waals surface area contributed by atoms with Gasteiger partial charge in [0.15, 0.2) is 0 Å². The second-order valence-electron chi connectivity index (χ2n) is 6.41. The van der Waals surface area contributed by atoms with E-state index in [9.17, 15) is 14.7 Å². The molecule has 2 aliphatic rings. The Kier molecular flexibility index (Phi) is 3.53. The van der Waals surface area contributed by atoms with E-state index in [0.717, 1.165) is 0 Å². The summed E-state index contributed by atoms with van der Waals surface area (Å²) in [4.78, 5) is 26.4. The van der Waals surface area contributed by atoms with Gasteiger partial charge in [-0.15, -0.1) is 0 Å². The maximum absolute atomic E-state index is 13.0. The first kappa shape index (κ1) is 16.5. The Bertz CT molecular complexity index is 1050. The molecule has 0 spiro atoms. The van der Waals surface area contributed by atoms with Crippen LogP contribution in [0.2, 0.25) is 5.02 Å². The van der Waals surface area contributed by atoms with Gasteiger partial charge in [0.1, 0.15) is 11.8 Å². The largest absolute Gasteiger partial charge is 0.493 e. The van der Waals surface area contributed by atoms with Gasteiger partial charge in [-0.3, -0.25) is 9.47 Å². The molecule has 2 atom stereocenters. The third-order valence-corrected chi connectivity index (χ3v) is 5.67. The average Bonchev–Trinajstić information content (AvgIpc) is 3.29. The Labute approximate surface area is 153 Å². The smallest absolute Gasteiger partial charge is 0.410 e. The Morgan fingerprint density at radius 3 is 2.85 bits per heavy atom. The van der Waals surface area contributed by atoms with Crippen molar-refractivity contribution in [1.82, 2.24) is 14.0 Å². The molecule has 0 radical (unpaired) electrons. The topological polar surface area (TPSA) is 100 Å². The van der Waals surface area contributed by atoms with E-state index in [1.165, 1.54) is 27.2 Å². The van der Waals surface area contributed by atoms with E-state index in [2.05, 4.69) is 0 Å². The Balaban J connectivity index is 1.89. The number of nitriles is 1. The molecule has 8 nitrogen and oxygen atoms in total. The van der Waals surface area contributed by atoms with Crippen LogP contribution < -0.4 is 5.69 Å². The lowest BCUT2D eigenvalue weighted by atomic mass is 10.1. The maximum atomic E-state index is 13.0. The quantitative estimate of drug-likeness (QED) is 0.825. The van der Waals surface area contributed by atoms with E-state index in [1.54, 1.807) is 13.0 Å². The van der Waals surface area contributed by atoms with Gasteiger partial charge in [0.05, 0.1) is 35.5 Å². The molecule has 2 aromatic rings. The van der Waals surface area contributed by atoms with Crippen molar-refractivity contribution in [2.45, 2.75) is 25.4 Å². The van der Waals surface area contributed by atoms with E-state index < -0.39 is 17.8 Å². The number of carbonyl (C=O) groups is 1. The third kappa shape index (κ3) is 1.95. The summed E-state index contributed by atoms with van der Waals surface area (Å²) in [5, 5.41) is 20.1. The Morgan fingerprint density at radius 2 is 2.19 bits per heavy atom. The van der Waals surface area contributed by atoms with Crippen LogP contribution in [0.15, 0.2) is 16.9 Å². The van der Waals surface area contributed by atoms with Gasteiger partial charge in [-0.25, -0.2) is 14.2 Å². The number of halogens is 1. The van der Waals surface area contributed by atoms with Crippen molar-refractivity contribution in [2.24, 2.45) is 0 Å². The van der Waals surface area contributed by atoms with Crippen LogP contribution in [0.25, 0.3) is 5.69 Å². The summed E-state index contributed by atoms with van der Waals surface area (Å²) in [5.74, 6) is -0.222. The van der Waals surface area contributed by atoms with Crippen LogP contribution in [0, 0.1) is 18.3 Å². The fraction of sp³-hybridized carbons (Fsp3) is 0.353. The molecule has 1 fully saturated rings. The lowest BCUT2D eigenvalue weighted by Crippen LogP contribution is -2.37. The van der Waals surface area contributed by atoms with E-state index >= 15 is 0 Å². The van der Waals surface area contributed by atoms with Crippen LogP contribution in [0.4, 0.5) is 4.79 Å². The lowest BCUT2D eigenvalue weighted by Gasteiger charge is -2.26. The van der Waals surface area contributed by atoms with Gasteiger partial charge in [0.2, 0.25) is 5.88 Å². The van der Waals surface area contributed by atoms with E-state index in [4.69, 9.17) is 21.6 Å². The second kappa shape index (κ2) is 5.54. The molecule has 26 heavy (non-hydrogen) atoms. The standard InChI is InChI=1S/C17H15ClN4O4/c1-8-11(4-3-9(6-19)13(8)18)22-15(23)14-12-5-10(21(14)16(22)24)7-20(12)17(25)26-2/h3-4,10,12,23H,5,7H2,1-2H3/t10-,12-/m0/s1. The number of methoxy groups -OCH3 is 1. The average molecular weight is 375 g/mol. The molecule has 0 unspecified atom stereocenters. The number of nitrogens with zero attached hydrogens (tertiary/aromatic N) is 4. The fourth-order valence-electron chi connectivity index (χ4n) is 3.99. The molecule has 1 amide bonds. The van der Waals surface area contributed by atoms with Crippen molar-refractivity contribution < 1.29 is 14.6 Å². The summed E-state index contributed by atoms with van der Waals surface area (Å²) in [6.07, 6.45) is 0.0854. The summed E-state index contributed by atoms with van der Waals surface area (Å²) in [5.41, 5.74) is 1.23. The van der Waals surface area contributed by atoms with Crippen molar-refractivity contribution in [3.05, 3.63) is 44.5 Å². The number of hydrogen-bond acceptors (Lipinski definition) is 5. The molecule has 9 heteroatoms. The molecule has 0 aliphatic carbocycles. The molecular formula is C17H15ClN4O4. The monoisotopic (exact) mass is 374 g/mol. The first-order valence-corrected chi connectivity index (χ1v) is 8.38. The highest BCUT2D eigenvalue weighted by atomic mass is 35.5. The predicted molar refractivity (Wildman–Crippen MR) is 91.7 cm³/mol. The van der Waals surface area contributed by atoms with Crippen LogP contribution in [-0.2, 0) is 4.74 Å². The van der Waals surface area contributed by atoms with Crippen molar-refractivity contribution in [1.29, 1.82) is 5.26 Å². The third-order valence-electron chi connectivity index (χ3n) is 5.19. The number of carbonyl (C=O) groups excluding carboxylic acids is 1. The van der Waals surface area contributed by atoms with Crippen LogP contribution in [0.3, 0.4) is 0 Å². The number of benzene rings is 1. The van der Waals surface area contributed by atoms with Gasteiger partial charge < -0.3 is 9.84 Å². The molecule has 134 valence electrons. The summed E-state index contributed by atoms with van der Waals surface area (Å²) < 4.78 is 7.50. The number of fused-ring (bicyclic) bond motifs is 5. The SMILES string of the molecule is COC(=O)N1C[C@@H]2C[C@H]1c1c(O)n(-c3ccc(C#N)c(Cl)c3C)c(=O)n12. The summed E-state index contributed by atoms with van der Waals surface area (Å²) in [7, 11) is 1.30. The highest BCUT2D eigenvalue weighted by molar-refractivity contribution is 6.32. The zero-order chi connectivity index (χ0) is 18.7. The first-order chi connectivity index (χ1) is 12.4. The summed E-state index contributed by atoms with van der Waals surface area (Å²) >= 11 is 6.21. The van der Waals surface area contributed by atoms with Crippen LogP contribution in [-0.4, -0.2) is 38.9 Å². The van der Waals surface area contributed by atoms with Crippen molar-refractivity contribution in [2.75, 3.05) is 13.7 Å². The van der Waals surface area contributed by atoms with Crippen LogP contribution >= 0.6 is 11.6 Å². The van der Waals surface area contributed by atoms with Gasteiger partial charge >= 0.3 is 11.8 Å². The molecule has 1 saturated heterocycles. The predicted octanol–water partition coefficient (Wildman–Crippen LogP) is 2.25. The number of aromatic hydroxyl groups is 1. The van der Waals surface area contributed by atoms with Gasteiger partial charge in [-0.1, -0.05) is 11.6 Å². The number of ether oxygens (including phenoxy) is 1. The van der Waals surface area contributed by atoms with Crippen LogP contribution in [0.1, 0.15) is 35.3 Å². The minimum Gasteiger partial charge on any atom is -0.493 e. The fourth-order valence-corrected chi connectivity index (χ4v) is 4.19. The zero-order valence-electron chi connectivity index (χ0n) is 14.1. The number of aromatic nitrogens is 2. The summed E-state index contributed by atoms with van der Waals surface area (Å²) in [6.45, 7) is 2.04. The highest BCUT2D eigenvalue weighted by Gasteiger charge is 2.49. The Morgan fingerprint density at radius 1 is 1.46 bits per heavy atom. The van der Waals surface area contributed by atoms with E-state index in [-0.39, 0.29) is 16.9 Å². The molecule has 1 N–H and O–H groups in total. The van der Waals surface area contributed by atoms with Gasteiger partial charge in [-0.05, 0) is 31.0 Å². The van der Waals surface area contributed by atoms with Gasteiger partial charge in [0, 0.05) is 6.54 Å². The molecular weight excluding hydrogens is 360 g/mol. The second-order valence-corrected chi connectivity index (χ2v) is 6.79. The minimum absolute atomic E-state index is 0.206. The number of amides is 1. The minimum atomic E-state index is -0.485. The van der Waals surface area contributed by atoms with Crippen molar-refractivity contribution >= 4 is 17.7 Å². The molecule has 2 aliphatic heterocycles. The molecule has 3 heterocycles. The van der Waals surface area contributed by atoms with Gasteiger partial charge in [0.25, 0.3) is 0 Å². The van der Waals surface area contributed by atoms with Crippen molar-refractivity contribution in [3.63, 3.8) is 0 Å². The van der Waals surface area contributed by atoms with E-state index in [1.807, 2.05) is 6.07 Å². The zero-order valence-corrected chi connectivity index (χ0v) is 14.8. The van der Waals surface area contributed by atoms with Crippen LogP contribution in [0.5, 0.6) is 5.88 Å². The molecule has 2 bridgehead atoms. The first-order valence-electron chi connectivity index (χ1n) is 8.01. The molecule has 4 rings (SSSR count).